The van der Waals surface area contributed by atoms with Crippen molar-refractivity contribution in [2.24, 2.45) is 0 Å². The number of carbonyl (C=O) groups is 4. The molecular weight excluding hydrogens is 727 g/mol. The fourth-order valence-corrected chi connectivity index (χ4v) is 2.73. The van der Waals surface area contributed by atoms with Crippen LogP contribution in [0.1, 0.15) is 64.7 Å². The zero-order valence-electron chi connectivity index (χ0n) is 23.7. The first kappa shape index (κ1) is 46.7. The summed E-state index contributed by atoms with van der Waals surface area (Å²) in [6.07, 6.45) is 0. The van der Waals surface area contributed by atoms with E-state index < -0.39 is 46.7 Å². The second-order valence-corrected chi connectivity index (χ2v) is 7.84. The van der Waals surface area contributed by atoms with Gasteiger partial charge in [0.1, 0.15) is 0 Å². The average Bonchev–Trinajstić information content (AvgIpc) is 3.05. The van der Waals surface area contributed by atoms with Gasteiger partial charge in [0.2, 0.25) is 0 Å². The van der Waals surface area contributed by atoms with Gasteiger partial charge in [0.25, 0.3) is 0 Å². The molecule has 4 aromatic rings. The van der Waals surface area contributed by atoms with Crippen molar-refractivity contribution in [2.45, 2.75) is 26.4 Å². The number of pyridine rings is 4. The van der Waals surface area contributed by atoms with E-state index in [9.17, 15) is 39.6 Å². The Bertz CT molecular complexity index is 1350. The third-order valence-corrected chi connectivity index (χ3v) is 4.71. The van der Waals surface area contributed by atoms with Crippen molar-refractivity contribution in [3.63, 3.8) is 0 Å². The van der Waals surface area contributed by atoms with Crippen LogP contribution in [0.4, 0.5) is 0 Å². The van der Waals surface area contributed by atoms with Crippen molar-refractivity contribution >= 4 is 23.9 Å². The number of aliphatic hydroxyl groups excluding tert-OH is 4. The Labute approximate surface area is 287 Å². The van der Waals surface area contributed by atoms with Crippen LogP contribution in [-0.4, -0.2) is 69.7 Å². The van der Waals surface area contributed by atoms with Crippen LogP contribution in [0.25, 0.3) is 0 Å². The minimum absolute atomic E-state index is 0. The Hall–Kier alpha value is -4.68. The molecule has 0 atom stereocenters. The maximum atomic E-state index is 10.2. The number of aromatic nitrogens is 4. The summed E-state index contributed by atoms with van der Waals surface area (Å²) in [4.78, 5) is 55.1. The SMILES string of the molecule is O.O=C([O-])c1cccc(C(=O)[O-])n1.O=C([O-])c1cccc(C(=O)[O-])n1.OCc1cccc(CO)n1.OCc1cccc(CO)n1.[Cu+2].[Cu+2]. The largest absolute Gasteiger partial charge is 2.00 e. The van der Waals surface area contributed by atoms with Crippen LogP contribution in [0.3, 0.4) is 0 Å². The minimum Gasteiger partial charge on any atom is -0.543 e. The van der Waals surface area contributed by atoms with Gasteiger partial charge in [-0.1, -0.05) is 24.3 Å². The summed E-state index contributed by atoms with van der Waals surface area (Å²) in [6, 6.07) is 17.4. The van der Waals surface area contributed by atoms with Crippen LogP contribution in [-0.2, 0) is 60.6 Å². The van der Waals surface area contributed by atoms with Crippen molar-refractivity contribution in [1.82, 2.24) is 19.9 Å². The predicted octanol–water partition coefficient (Wildman–Crippen LogP) is -5.08. The summed E-state index contributed by atoms with van der Waals surface area (Å²) in [6.45, 7) is -0.302. The van der Waals surface area contributed by atoms with Crippen LogP contribution in [0.2, 0.25) is 0 Å². The number of carboxylic acids is 4. The van der Waals surface area contributed by atoms with Gasteiger partial charge in [0, 0.05) is 0 Å². The van der Waals surface area contributed by atoms with Crippen molar-refractivity contribution in [3.8, 4) is 0 Å². The van der Waals surface area contributed by atoms with Gasteiger partial charge in [-0.15, -0.1) is 0 Å². The van der Waals surface area contributed by atoms with E-state index in [4.69, 9.17) is 20.4 Å². The molecular formula is C28H26Cu2N4O13. The summed E-state index contributed by atoms with van der Waals surface area (Å²) in [5.74, 6) is -6.06. The summed E-state index contributed by atoms with van der Waals surface area (Å²) in [5.41, 5.74) is 0.679. The minimum atomic E-state index is -1.52. The second-order valence-electron chi connectivity index (χ2n) is 7.84. The van der Waals surface area contributed by atoms with Crippen molar-refractivity contribution in [2.75, 3.05) is 0 Å². The van der Waals surface area contributed by atoms with Crippen molar-refractivity contribution in [1.29, 1.82) is 0 Å². The molecule has 0 saturated carbocycles. The Kier molecular flexibility index (Phi) is 25.4. The first-order valence-electron chi connectivity index (χ1n) is 12.1. The van der Waals surface area contributed by atoms with Gasteiger partial charge >= 0.3 is 34.1 Å². The molecule has 0 spiro atoms. The van der Waals surface area contributed by atoms with E-state index in [1.54, 1.807) is 36.4 Å². The van der Waals surface area contributed by atoms with E-state index >= 15 is 0 Å². The van der Waals surface area contributed by atoms with Crippen LogP contribution in [0.15, 0.2) is 72.8 Å². The first-order chi connectivity index (χ1) is 20.9. The second kappa shape index (κ2) is 25.5. The fourth-order valence-electron chi connectivity index (χ4n) is 2.73. The normalized spacial score (nSPS) is 8.94. The molecule has 0 saturated heterocycles. The first-order valence-corrected chi connectivity index (χ1v) is 12.1. The molecule has 0 aliphatic rings. The average molecular weight is 754 g/mol. The van der Waals surface area contributed by atoms with E-state index in [1.807, 2.05) is 0 Å². The maximum absolute atomic E-state index is 10.2. The van der Waals surface area contributed by atoms with E-state index in [1.165, 1.54) is 12.1 Å². The molecule has 0 aliphatic carbocycles. The predicted molar refractivity (Wildman–Crippen MR) is 142 cm³/mol. The summed E-state index contributed by atoms with van der Waals surface area (Å²) in [7, 11) is 0. The zero-order chi connectivity index (χ0) is 33.1. The monoisotopic (exact) mass is 752 g/mol. The molecule has 4 aromatic heterocycles. The number of aromatic carboxylic acids is 4. The molecule has 0 aromatic carbocycles. The van der Waals surface area contributed by atoms with Crippen LogP contribution < -0.4 is 20.4 Å². The molecule has 0 amide bonds. The summed E-state index contributed by atoms with van der Waals surface area (Å²) >= 11 is 0. The van der Waals surface area contributed by atoms with Gasteiger partial charge < -0.3 is 65.5 Å². The van der Waals surface area contributed by atoms with E-state index in [-0.39, 0.29) is 66.0 Å². The number of carboxylic acid groups (broad SMARTS) is 4. The van der Waals surface area contributed by atoms with Gasteiger partial charge in [-0.25, -0.2) is 9.97 Å². The summed E-state index contributed by atoms with van der Waals surface area (Å²) in [5, 5.41) is 75.2. The van der Waals surface area contributed by atoms with E-state index in [0.29, 0.717) is 22.8 Å². The summed E-state index contributed by atoms with van der Waals surface area (Å²) < 4.78 is 0. The molecule has 0 bridgehead atoms. The number of hydrogen-bond donors (Lipinski definition) is 4. The van der Waals surface area contributed by atoms with Crippen LogP contribution in [0.5, 0.6) is 0 Å². The van der Waals surface area contributed by atoms with E-state index in [2.05, 4.69) is 19.9 Å². The molecule has 4 heterocycles. The standard InChI is InChI=1S/2C7H5NO4.2C7H9NO2.2Cu.H2O/c2*9-6(10)4-2-1-3-5(8-4)7(11)12;2*9-4-6-2-1-3-7(5-10)8-6;;;/h2*1-3H,(H,9,10)(H,11,12);2*1-3,9-10H,4-5H2;;;1H2/q;;;;2*+2;/p-4. The topological polar surface area (TPSA) is 324 Å². The molecule has 0 unspecified atom stereocenters. The third-order valence-electron chi connectivity index (χ3n) is 4.71. The molecule has 17 nitrogen and oxygen atoms in total. The maximum Gasteiger partial charge on any atom is 2.00 e. The molecule has 6 N–H and O–H groups in total. The molecule has 0 fully saturated rings. The smallest absolute Gasteiger partial charge is 0.543 e. The molecule has 258 valence electrons. The van der Waals surface area contributed by atoms with Crippen LogP contribution >= 0.6 is 0 Å². The molecule has 4 rings (SSSR count). The number of hydrogen-bond acceptors (Lipinski definition) is 16. The Morgan fingerprint density at radius 1 is 0.426 bits per heavy atom. The number of nitrogens with zero attached hydrogens (tertiary/aromatic N) is 4. The molecule has 19 heteroatoms. The Balaban J connectivity index is -0.000000540. The zero-order valence-corrected chi connectivity index (χ0v) is 25.6. The van der Waals surface area contributed by atoms with Gasteiger partial charge in [0.15, 0.2) is 0 Å². The Morgan fingerprint density at radius 3 is 0.787 bits per heavy atom. The fraction of sp³-hybridized carbons (Fsp3) is 0.143. The quantitative estimate of drug-likeness (QED) is 0.122. The number of carbonyl (C=O) groups excluding carboxylic acids is 4. The Morgan fingerprint density at radius 2 is 0.617 bits per heavy atom. The van der Waals surface area contributed by atoms with Gasteiger partial charge in [-0.2, -0.15) is 0 Å². The van der Waals surface area contributed by atoms with E-state index in [0.717, 1.165) is 24.3 Å². The van der Waals surface area contributed by atoms with Crippen molar-refractivity contribution in [3.05, 3.63) is 118 Å². The molecule has 2 radical (unpaired) electrons. The number of aliphatic hydroxyl groups is 4. The molecule has 47 heavy (non-hydrogen) atoms. The van der Waals surface area contributed by atoms with Gasteiger partial charge in [-0.3, -0.25) is 9.97 Å². The van der Waals surface area contributed by atoms with Gasteiger partial charge in [-0.05, 0) is 48.5 Å². The van der Waals surface area contributed by atoms with Crippen molar-refractivity contribution < 1.29 is 99.6 Å². The number of rotatable bonds is 8. The van der Waals surface area contributed by atoms with Gasteiger partial charge in [0.05, 0.1) is 95.9 Å². The third kappa shape index (κ3) is 18.2. The molecule has 0 aliphatic heterocycles. The van der Waals surface area contributed by atoms with Crippen LogP contribution in [0, 0.1) is 0 Å².